The van der Waals surface area contributed by atoms with Gasteiger partial charge in [-0.15, -0.1) is 11.3 Å². The molecule has 3 heterocycles. The number of hydrogen-bond acceptors (Lipinski definition) is 6. The Morgan fingerprint density at radius 2 is 1.82 bits per heavy atom. The lowest BCUT2D eigenvalue weighted by Crippen LogP contribution is -2.52. The van der Waals surface area contributed by atoms with E-state index in [0.717, 1.165) is 51.3 Å². The third-order valence-corrected chi connectivity index (χ3v) is 10.2. The van der Waals surface area contributed by atoms with Crippen LogP contribution in [0.3, 0.4) is 0 Å². The smallest absolute Gasteiger partial charge is 0.280 e. The van der Waals surface area contributed by atoms with E-state index >= 15 is 0 Å². The Bertz CT molecular complexity index is 1160. The highest BCUT2D eigenvalue weighted by Crippen LogP contribution is 2.38. The summed E-state index contributed by atoms with van der Waals surface area (Å²) in [6.07, 6.45) is 9.19. The number of carbonyl (C=O) groups is 1. The second-order valence-corrected chi connectivity index (χ2v) is 14.8. The minimum Gasteiger partial charge on any atom is -0.381 e. The van der Waals surface area contributed by atoms with Crippen molar-refractivity contribution in [3.63, 3.8) is 0 Å². The van der Waals surface area contributed by atoms with Crippen LogP contribution in [0.4, 0.5) is 0 Å². The van der Waals surface area contributed by atoms with Crippen molar-refractivity contribution in [1.29, 1.82) is 0 Å². The average Bonchev–Trinajstić information content (AvgIpc) is 3.34. The van der Waals surface area contributed by atoms with Gasteiger partial charge in [-0.2, -0.15) is 0 Å². The summed E-state index contributed by atoms with van der Waals surface area (Å²) < 4.78 is 11.3. The zero-order valence-electron chi connectivity index (χ0n) is 25.3. The topological polar surface area (TPSA) is 63.7 Å². The molecule has 1 aromatic carbocycles. The molecule has 1 amide bonds. The van der Waals surface area contributed by atoms with Gasteiger partial charge in [0, 0.05) is 37.9 Å². The Kier molecular flexibility index (Phi) is 9.35. The first kappa shape index (κ1) is 29.7. The van der Waals surface area contributed by atoms with Crippen LogP contribution in [-0.4, -0.2) is 60.3 Å². The van der Waals surface area contributed by atoms with Crippen molar-refractivity contribution in [3.05, 3.63) is 40.0 Å². The summed E-state index contributed by atoms with van der Waals surface area (Å²) in [5.41, 5.74) is 5.07. The number of nitrogens with one attached hydrogen (secondary N) is 1. The van der Waals surface area contributed by atoms with Crippen LogP contribution in [0.2, 0.25) is 0 Å². The van der Waals surface area contributed by atoms with Crippen molar-refractivity contribution in [2.45, 2.75) is 110 Å². The summed E-state index contributed by atoms with van der Waals surface area (Å²) in [6, 6.07) is 7.16. The number of rotatable bonds is 7. The van der Waals surface area contributed by atoms with E-state index in [9.17, 15) is 4.79 Å². The molecule has 2 aromatic rings. The molecule has 5 rings (SSSR count). The first-order valence-electron chi connectivity index (χ1n) is 15.4. The van der Waals surface area contributed by atoms with Gasteiger partial charge in [0.1, 0.15) is 0 Å². The fourth-order valence-corrected chi connectivity index (χ4v) is 7.50. The standard InChI is InChI=1S/C33H49N3O3S/c1-32(2,3)27-20-24(11-12-25(27)21-36-15-18-39-22-33(36,4)5)29-28(19-23-9-7-6-8-10-23)35-31(40-29)30(37)34-26-13-16-38-17-14-26/h11-12,20,23,26H,6-10,13-19,21-22H2,1-5H3,(H,34,37). The predicted molar refractivity (Wildman–Crippen MR) is 163 cm³/mol. The van der Waals surface area contributed by atoms with E-state index in [1.807, 2.05) is 0 Å². The number of carbonyl (C=O) groups excluding carboxylic acids is 1. The molecule has 7 heteroatoms. The largest absolute Gasteiger partial charge is 0.381 e. The SMILES string of the molecule is CC(C)(C)c1cc(-c2sc(C(=O)NC3CCOCC3)nc2CC2CCCCC2)ccc1CN1CCOCC1(C)C. The molecule has 1 aromatic heterocycles. The number of thiazole rings is 1. The van der Waals surface area contributed by atoms with E-state index in [1.54, 1.807) is 11.3 Å². The molecule has 1 saturated carbocycles. The van der Waals surface area contributed by atoms with Gasteiger partial charge >= 0.3 is 0 Å². The zero-order valence-corrected chi connectivity index (χ0v) is 26.1. The molecular weight excluding hydrogens is 518 g/mol. The maximum Gasteiger partial charge on any atom is 0.280 e. The minimum absolute atomic E-state index is 0.000742. The molecule has 3 aliphatic rings. The lowest BCUT2D eigenvalue weighted by Gasteiger charge is -2.42. The van der Waals surface area contributed by atoms with Crippen LogP contribution in [0.25, 0.3) is 10.4 Å². The Morgan fingerprint density at radius 3 is 2.52 bits per heavy atom. The average molecular weight is 568 g/mol. The van der Waals surface area contributed by atoms with Gasteiger partial charge in [-0.1, -0.05) is 65.0 Å². The van der Waals surface area contributed by atoms with Crippen molar-refractivity contribution in [2.75, 3.05) is 33.0 Å². The predicted octanol–water partition coefficient (Wildman–Crippen LogP) is 6.75. The van der Waals surface area contributed by atoms with Gasteiger partial charge < -0.3 is 14.8 Å². The van der Waals surface area contributed by atoms with Crippen molar-refractivity contribution in [2.24, 2.45) is 5.92 Å². The van der Waals surface area contributed by atoms with Gasteiger partial charge in [0.2, 0.25) is 0 Å². The summed E-state index contributed by atoms with van der Waals surface area (Å²) in [5, 5.41) is 3.84. The van der Waals surface area contributed by atoms with E-state index in [0.29, 0.717) is 24.1 Å². The fraction of sp³-hybridized carbons (Fsp3) is 0.697. The number of morpholine rings is 1. The second-order valence-electron chi connectivity index (χ2n) is 13.8. The number of nitrogens with zero attached hydrogens (tertiary/aromatic N) is 2. The normalized spacial score (nSPS) is 21.4. The Labute approximate surface area is 245 Å². The highest BCUT2D eigenvalue weighted by atomic mass is 32.1. The van der Waals surface area contributed by atoms with Crippen LogP contribution < -0.4 is 5.32 Å². The summed E-state index contributed by atoms with van der Waals surface area (Å²) in [7, 11) is 0. The van der Waals surface area contributed by atoms with E-state index in [-0.39, 0.29) is 22.9 Å². The summed E-state index contributed by atoms with van der Waals surface area (Å²) in [5.74, 6) is 0.626. The first-order chi connectivity index (χ1) is 19.1. The van der Waals surface area contributed by atoms with Crippen LogP contribution in [-0.2, 0) is 27.9 Å². The van der Waals surface area contributed by atoms with Gasteiger partial charge in [-0.3, -0.25) is 9.69 Å². The number of amides is 1. The third-order valence-electron chi connectivity index (χ3n) is 9.01. The van der Waals surface area contributed by atoms with Crippen molar-refractivity contribution in [1.82, 2.24) is 15.2 Å². The molecule has 2 saturated heterocycles. The van der Waals surface area contributed by atoms with Crippen LogP contribution >= 0.6 is 11.3 Å². The molecule has 220 valence electrons. The van der Waals surface area contributed by atoms with E-state index in [2.05, 4.69) is 63.0 Å². The molecule has 0 radical (unpaired) electrons. The molecule has 40 heavy (non-hydrogen) atoms. The molecule has 0 spiro atoms. The fourth-order valence-electron chi connectivity index (χ4n) is 6.51. The van der Waals surface area contributed by atoms with Crippen LogP contribution in [0, 0.1) is 5.92 Å². The first-order valence-corrected chi connectivity index (χ1v) is 16.3. The van der Waals surface area contributed by atoms with Gasteiger partial charge in [0.25, 0.3) is 5.91 Å². The number of aromatic nitrogens is 1. The summed E-state index contributed by atoms with van der Waals surface area (Å²) in [4.78, 5) is 22.1. The van der Waals surface area contributed by atoms with Gasteiger partial charge in [0.05, 0.1) is 23.8 Å². The molecule has 1 aliphatic carbocycles. The van der Waals surface area contributed by atoms with Crippen molar-refractivity contribution < 1.29 is 14.3 Å². The van der Waals surface area contributed by atoms with Gasteiger partial charge in [-0.25, -0.2) is 4.98 Å². The Hall–Kier alpha value is -1.80. The number of benzene rings is 1. The molecule has 1 N–H and O–H groups in total. The molecule has 0 atom stereocenters. The summed E-state index contributed by atoms with van der Waals surface area (Å²) in [6.45, 7) is 16.3. The maximum absolute atomic E-state index is 13.3. The monoisotopic (exact) mass is 567 g/mol. The highest BCUT2D eigenvalue weighted by Gasteiger charge is 2.32. The zero-order chi connectivity index (χ0) is 28.3. The van der Waals surface area contributed by atoms with E-state index < -0.39 is 0 Å². The van der Waals surface area contributed by atoms with Gasteiger partial charge in [-0.05, 0) is 67.2 Å². The van der Waals surface area contributed by atoms with E-state index in [1.165, 1.54) is 53.7 Å². The summed E-state index contributed by atoms with van der Waals surface area (Å²) >= 11 is 1.58. The van der Waals surface area contributed by atoms with Gasteiger partial charge in [0.15, 0.2) is 5.01 Å². The molecule has 2 aliphatic heterocycles. The highest BCUT2D eigenvalue weighted by molar-refractivity contribution is 7.17. The van der Waals surface area contributed by atoms with Crippen molar-refractivity contribution in [3.8, 4) is 10.4 Å². The van der Waals surface area contributed by atoms with Crippen LogP contribution in [0.5, 0.6) is 0 Å². The minimum atomic E-state index is -0.0322. The second kappa shape index (κ2) is 12.6. The van der Waals surface area contributed by atoms with Crippen molar-refractivity contribution >= 4 is 17.2 Å². The quantitative estimate of drug-likeness (QED) is 0.401. The van der Waals surface area contributed by atoms with Crippen LogP contribution in [0.15, 0.2) is 18.2 Å². The Balaban J connectivity index is 1.46. The molecule has 0 bridgehead atoms. The van der Waals surface area contributed by atoms with Crippen LogP contribution in [0.1, 0.15) is 106 Å². The third kappa shape index (κ3) is 7.15. The number of ether oxygens (including phenoxy) is 2. The molecule has 6 nitrogen and oxygen atoms in total. The maximum atomic E-state index is 13.3. The molecular formula is C33H49N3O3S. The Morgan fingerprint density at radius 1 is 1.07 bits per heavy atom. The number of hydrogen-bond donors (Lipinski definition) is 1. The van der Waals surface area contributed by atoms with E-state index in [4.69, 9.17) is 14.5 Å². The molecule has 3 fully saturated rings. The lowest BCUT2D eigenvalue weighted by atomic mass is 9.81. The lowest BCUT2D eigenvalue weighted by molar-refractivity contribution is -0.0554. The molecule has 0 unspecified atom stereocenters.